The molecule has 84 heavy (non-hydrogen) atoms. The standard InChI is InChI=1S/C78H126Si6/c1-49(2)79(50(3)4,51(5)6)73-67-43-37-38-45-69-71(77(83(61(25)26,62(27)28)63(29)30)75(69)81(55(13)14,56(15)16)57(17)18)47-41-42-48-72-70(46-40-39-44-68(67)74(73)80(52(7)8,53(9)10)54(11)12)76(82(58(19)20,59(21)22)60(23)24)78(72)84(64(31)32,65(33)34)66(35)36/h49-66H,1-36H3. The van der Waals surface area contributed by atoms with Gasteiger partial charge in [-0.3, -0.25) is 0 Å². The van der Waals surface area contributed by atoms with Gasteiger partial charge in [0.05, 0.1) is 48.4 Å². The molecule has 0 saturated carbocycles. The SMILES string of the molecule is CC(C)[Si](C1=C([Si](C(C)C)(C(C)C)C(C)C)C2=C=C=C=C=C3C(=C=C=C=C=C4C(=C=C=C=C=C21)C([Si](C(C)C)(C(C)C)C(C)C)=C4[Si](C(C)C)(C(C)C)C(C)C)C([Si](C(C)C)(C(C)C)C(C)C)=C3[Si](C(C)C)(C(C)C)C(C)C)(C(C)C)C(C)C. The van der Waals surface area contributed by atoms with Gasteiger partial charge in [-0.1, -0.05) is 284 Å². The van der Waals surface area contributed by atoms with E-state index >= 15 is 0 Å². The lowest BCUT2D eigenvalue weighted by molar-refractivity contribution is 0.804. The molecule has 4 aliphatic carbocycles. The van der Waals surface area contributed by atoms with Crippen LogP contribution in [-0.2, 0) is 0 Å². The third-order valence-electron chi connectivity index (χ3n) is 24.1. The minimum absolute atomic E-state index is 0.513. The lowest BCUT2D eigenvalue weighted by Gasteiger charge is -2.56. The molecule has 4 rings (SSSR count). The van der Waals surface area contributed by atoms with Crippen molar-refractivity contribution in [1.29, 1.82) is 0 Å². The van der Waals surface area contributed by atoms with E-state index in [1.807, 2.05) is 0 Å². The van der Waals surface area contributed by atoms with Gasteiger partial charge in [0, 0.05) is 33.4 Å². The van der Waals surface area contributed by atoms with Crippen molar-refractivity contribution in [1.82, 2.24) is 0 Å². The van der Waals surface area contributed by atoms with E-state index in [4.69, 9.17) is 0 Å². The number of hydrogen-bond donors (Lipinski definition) is 0. The molecule has 6 heteroatoms. The van der Waals surface area contributed by atoms with Gasteiger partial charge >= 0.3 is 0 Å². The highest BCUT2D eigenvalue weighted by atomic mass is 28.3. The highest BCUT2D eigenvalue weighted by Gasteiger charge is 2.63. The zero-order chi connectivity index (χ0) is 64.8. The monoisotopic (exact) mass is 1230 g/mol. The second-order valence-corrected chi connectivity index (χ2v) is 67.4. The summed E-state index contributed by atoms with van der Waals surface area (Å²) < 4.78 is 0. The average Bonchev–Trinajstić information content (AvgIpc) is 0.804. The van der Waals surface area contributed by atoms with E-state index in [0.29, 0.717) is 99.7 Å². The molecule has 0 radical (unpaired) electrons. The van der Waals surface area contributed by atoms with Crippen LogP contribution in [0.2, 0.25) is 99.7 Å². The van der Waals surface area contributed by atoms with Gasteiger partial charge in [-0.2, -0.15) is 0 Å². The molecule has 0 aliphatic heterocycles. The van der Waals surface area contributed by atoms with Crippen molar-refractivity contribution in [3.05, 3.63) is 133 Å². The first-order chi connectivity index (χ1) is 38.7. The minimum atomic E-state index is -2.32. The fraction of sp³-hybridized carbons (Fsp3) is 0.692. The van der Waals surface area contributed by atoms with E-state index in [1.54, 1.807) is 31.2 Å². The topological polar surface area (TPSA) is 0 Å². The van der Waals surface area contributed by atoms with Crippen LogP contribution in [0.15, 0.2) is 133 Å². The van der Waals surface area contributed by atoms with Gasteiger partial charge in [-0.15, -0.1) is 0 Å². The summed E-state index contributed by atoms with van der Waals surface area (Å²) in [6.07, 6.45) is 0. The van der Waals surface area contributed by atoms with Crippen LogP contribution in [0.3, 0.4) is 0 Å². The summed E-state index contributed by atoms with van der Waals surface area (Å²) in [5.41, 5.74) is 62.7. The van der Waals surface area contributed by atoms with Crippen LogP contribution in [0.4, 0.5) is 0 Å². The van der Waals surface area contributed by atoms with Crippen molar-refractivity contribution in [2.24, 2.45) is 0 Å². The molecule has 0 atom stereocenters. The maximum absolute atomic E-state index is 4.01. The first-order valence-corrected chi connectivity index (χ1v) is 47.6. The molecule has 0 fully saturated rings. The number of rotatable bonds is 24. The Bertz CT molecular complexity index is 2510. The Hall–Kier alpha value is -2.90. The average molecular weight is 1230 g/mol. The Balaban J connectivity index is 2.92. The molecular weight excluding hydrogens is 1110 g/mol. The van der Waals surface area contributed by atoms with Gasteiger partial charge in [0.25, 0.3) is 0 Å². The van der Waals surface area contributed by atoms with Crippen LogP contribution >= 0.6 is 0 Å². The third-order valence-corrected chi connectivity index (χ3v) is 67.4. The third kappa shape index (κ3) is 10.9. The Morgan fingerprint density at radius 2 is 0.214 bits per heavy atom. The van der Waals surface area contributed by atoms with Gasteiger partial charge in [0.2, 0.25) is 0 Å². The van der Waals surface area contributed by atoms with Gasteiger partial charge in [0.1, 0.15) is 0 Å². The molecule has 0 unspecified atom stereocenters. The van der Waals surface area contributed by atoms with E-state index in [1.165, 1.54) is 33.4 Å². The van der Waals surface area contributed by atoms with Crippen LogP contribution in [0.25, 0.3) is 0 Å². The van der Waals surface area contributed by atoms with Crippen molar-refractivity contribution in [3.8, 4) is 0 Å². The van der Waals surface area contributed by atoms with E-state index < -0.39 is 48.4 Å². The van der Waals surface area contributed by atoms with Crippen molar-refractivity contribution < 1.29 is 0 Å². The smallest absolute Gasteiger partial charge is 0.0648 e. The van der Waals surface area contributed by atoms with Crippen LogP contribution in [0.5, 0.6) is 0 Å². The van der Waals surface area contributed by atoms with Crippen molar-refractivity contribution in [3.63, 3.8) is 0 Å². The zero-order valence-electron chi connectivity index (χ0n) is 61.4. The van der Waals surface area contributed by atoms with Gasteiger partial charge < -0.3 is 0 Å². The maximum Gasteiger partial charge on any atom is 0.0958 e. The van der Waals surface area contributed by atoms with E-state index in [-0.39, 0.29) is 0 Å². The molecule has 462 valence electrons. The zero-order valence-corrected chi connectivity index (χ0v) is 67.4. The van der Waals surface area contributed by atoms with Gasteiger partial charge in [-0.05, 0) is 165 Å². The quantitative estimate of drug-likeness (QED) is 0.0667. The predicted octanol–water partition coefficient (Wildman–Crippen LogP) is 26.0. The van der Waals surface area contributed by atoms with Crippen LogP contribution in [0, 0.1) is 0 Å². The fourth-order valence-corrected chi connectivity index (χ4v) is 67.8. The summed E-state index contributed by atoms with van der Waals surface area (Å²) in [7, 11) is -13.9. The van der Waals surface area contributed by atoms with Crippen LogP contribution < -0.4 is 0 Å². The Morgan fingerprint density at radius 3 is 0.274 bits per heavy atom. The number of hydrogen-bond acceptors (Lipinski definition) is 0. The summed E-state index contributed by atoms with van der Waals surface area (Å²) in [6, 6.07) is 0. The lowest BCUT2D eigenvalue weighted by atomic mass is 9.95. The Morgan fingerprint density at radius 1 is 0.143 bits per heavy atom. The van der Waals surface area contributed by atoms with E-state index in [2.05, 4.69) is 318 Å². The highest BCUT2D eigenvalue weighted by molar-refractivity contribution is 7.00. The molecule has 0 N–H and O–H groups in total. The normalized spacial score (nSPS) is 16.8. The first-order valence-electron chi connectivity index (χ1n) is 34.2. The largest absolute Gasteiger partial charge is 0.0958 e. The summed E-state index contributed by atoms with van der Waals surface area (Å²) in [5, 5.41) is 9.86. The predicted molar refractivity (Wildman–Crippen MR) is 391 cm³/mol. The van der Waals surface area contributed by atoms with Crippen LogP contribution in [-0.4, -0.2) is 48.4 Å². The van der Waals surface area contributed by atoms with Crippen LogP contribution in [0.1, 0.15) is 249 Å². The van der Waals surface area contributed by atoms with Crippen molar-refractivity contribution in [2.45, 2.75) is 349 Å². The first kappa shape index (κ1) is 73.6. The lowest BCUT2D eigenvalue weighted by Crippen LogP contribution is -2.57. The summed E-state index contributed by atoms with van der Waals surface area (Å²) >= 11 is 0. The van der Waals surface area contributed by atoms with Crippen molar-refractivity contribution >= 4 is 48.4 Å². The molecule has 0 bridgehead atoms. The van der Waals surface area contributed by atoms with Crippen molar-refractivity contribution in [2.75, 3.05) is 0 Å². The minimum Gasteiger partial charge on any atom is -0.0648 e. The molecule has 0 saturated heterocycles. The molecule has 4 aliphatic rings. The molecule has 0 aromatic heterocycles. The molecule has 0 spiro atoms. The summed E-state index contributed by atoms with van der Waals surface area (Å²) in [6.45, 7) is 91.5. The second-order valence-electron chi connectivity index (χ2n) is 32.4. The number of allylic oxidation sites excluding steroid dienone is 12. The fourth-order valence-electron chi connectivity index (χ4n) is 22.4. The molecule has 0 nitrogen and oxygen atoms in total. The van der Waals surface area contributed by atoms with Gasteiger partial charge in [-0.25, -0.2) is 0 Å². The molecule has 0 heterocycles. The molecular formula is C78H126Si6. The summed E-state index contributed by atoms with van der Waals surface area (Å²) in [5.74, 6) is 0. The molecule has 0 amide bonds. The van der Waals surface area contributed by atoms with E-state index in [0.717, 1.165) is 0 Å². The molecule has 0 aromatic carbocycles. The Kier molecular flexibility index (Phi) is 24.0. The Labute approximate surface area is 527 Å². The number of fused-ring (bicyclic) bond motifs is 3. The van der Waals surface area contributed by atoms with Gasteiger partial charge in [0.15, 0.2) is 0 Å². The van der Waals surface area contributed by atoms with E-state index in [9.17, 15) is 0 Å². The highest BCUT2D eigenvalue weighted by Crippen LogP contribution is 2.66. The second kappa shape index (κ2) is 27.5. The molecule has 0 aromatic rings. The maximum atomic E-state index is 4.01. The summed E-state index contributed by atoms with van der Waals surface area (Å²) in [4.78, 5) is 0.